The molecule has 1 aliphatic carbocycles. The van der Waals surface area contributed by atoms with Gasteiger partial charge in [-0.1, -0.05) is 12.5 Å². The molecule has 1 aromatic carbocycles. The van der Waals surface area contributed by atoms with Crippen molar-refractivity contribution in [2.75, 3.05) is 12.9 Å². The molecule has 1 N–H and O–H groups in total. The zero-order valence-corrected chi connectivity index (χ0v) is 13.1. The van der Waals surface area contributed by atoms with Crippen LogP contribution in [0, 0.1) is 5.92 Å². The van der Waals surface area contributed by atoms with Crippen LogP contribution in [0.25, 0.3) is 0 Å². The zero-order valence-electron chi connectivity index (χ0n) is 12.3. The molecule has 1 heterocycles. The van der Waals surface area contributed by atoms with Gasteiger partial charge in [0, 0.05) is 12.7 Å². The van der Waals surface area contributed by atoms with E-state index < -0.39 is 15.9 Å². The standard InChI is InChI=1S/C16H22O4S/c1-21(18,19)14-4-2-3-12(10-14)16(17)13-5-6-15-11(9-13)7-8-20-15/h5-6,9,12,14,16-17H,2-4,7-8,10H2,1H3. The Hall–Kier alpha value is -1.07. The summed E-state index contributed by atoms with van der Waals surface area (Å²) in [7, 11) is -3.02. The second-order valence-electron chi connectivity index (χ2n) is 6.29. The third kappa shape index (κ3) is 3.09. The molecule has 0 saturated heterocycles. The smallest absolute Gasteiger partial charge is 0.150 e. The largest absolute Gasteiger partial charge is 0.493 e. The van der Waals surface area contributed by atoms with Gasteiger partial charge in [0.15, 0.2) is 0 Å². The first-order valence-electron chi connectivity index (χ1n) is 7.57. The van der Waals surface area contributed by atoms with Crippen LogP contribution >= 0.6 is 0 Å². The lowest BCUT2D eigenvalue weighted by Gasteiger charge is -2.31. The molecule has 21 heavy (non-hydrogen) atoms. The molecule has 0 amide bonds. The highest BCUT2D eigenvalue weighted by Crippen LogP contribution is 2.38. The fourth-order valence-electron chi connectivity index (χ4n) is 3.52. The lowest BCUT2D eigenvalue weighted by molar-refractivity contribution is 0.0856. The van der Waals surface area contributed by atoms with Crippen molar-refractivity contribution >= 4 is 9.84 Å². The summed E-state index contributed by atoms with van der Waals surface area (Å²) in [6, 6.07) is 5.83. The maximum atomic E-state index is 11.7. The van der Waals surface area contributed by atoms with Gasteiger partial charge in [0.25, 0.3) is 0 Å². The molecule has 3 unspecified atom stereocenters. The van der Waals surface area contributed by atoms with Crippen molar-refractivity contribution in [1.82, 2.24) is 0 Å². The predicted octanol–water partition coefficient (Wildman–Crippen LogP) is 2.26. The number of ether oxygens (including phenoxy) is 1. The van der Waals surface area contributed by atoms with E-state index in [1.54, 1.807) is 0 Å². The van der Waals surface area contributed by atoms with Gasteiger partial charge in [0.2, 0.25) is 0 Å². The lowest BCUT2D eigenvalue weighted by Crippen LogP contribution is -2.30. The summed E-state index contributed by atoms with van der Waals surface area (Å²) in [5.41, 5.74) is 2.03. The lowest BCUT2D eigenvalue weighted by atomic mass is 9.82. The second kappa shape index (κ2) is 5.61. The van der Waals surface area contributed by atoms with Gasteiger partial charge in [-0.3, -0.25) is 0 Å². The Morgan fingerprint density at radius 2 is 2.14 bits per heavy atom. The molecule has 1 saturated carbocycles. The first-order chi connectivity index (χ1) is 9.95. The monoisotopic (exact) mass is 310 g/mol. The molecule has 4 nitrogen and oxygen atoms in total. The number of fused-ring (bicyclic) bond motifs is 1. The van der Waals surface area contributed by atoms with Crippen LogP contribution in [0.3, 0.4) is 0 Å². The first kappa shape index (κ1) is 14.9. The van der Waals surface area contributed by atoms with Gasteiger partial charge in [-0.25, -0.2) is 8.42 Å². The molecule has 1 aromatic rings. The molecular formula is C16H22O4S. The fourth-order valence-corrected chi connectivity index (χ4v) is 4.71. The Morgan fingerprint density at radius 3 is 2.90 bits per heavy atom. The molecule has 0 aromatic heterocycles. The van der Waals surface area contributed by atoms with Crippen LogP contribution in [0.5, 0.6) is 5.75 Å². The van der Waals surface area contributed by atoms with Crippen LogP contribution in [-0.2, 0) is 16.3 Å². The van der Waals surface area contributed by atoms with E-state index in [9.17, 15) is 13.5 Å². The number of benzene rings is 1. The molecule has 1 aliphatic heterocycles. The minimum atomic E-state index is -3.02. The van der Waals surface area contributed by atoms with Crippen molar-refractivity contribution < 1.29 is 18.3 Å². The topological polar surface area (TPSA) is 63.6 Å². The molecule has 2 aliphatic rings. The van der Waals surface area contributed by atoms with Crippen molar-refractivity contribution in [3.63, 3.8) is 0 Å². The third-order valence-electron chi connectivity index (χ3n) is 4.77. The van der Waals surface area contributed by atoms with Crippen LogP contribution in [0.1, 0.15) is 42.9 Å². The van der Waals surface area contributed by atoms with Gasteiger partial charge in [-0.2, -0.15) is 0 Å². The maximum Gasteiger partial charge on any atom is 0.150 e. The molecule has 116 valence electrons. The summed E-state index contributed by atoms with van der Waals surface area (Å²) >= 11 is 0. The second-order valence-corrected chi connectivity index (χ2v) is 8.61. The van der Waals surface area contributed by atoms with E-state index in [0.717, 1.165) is 42.6 Å². The first-order valence-corrected chi connectivity index (χ1v) is 9.53. The highest BCUT2D eigenvalue weighted by atomic mass is 32.2. The van der Waals surface area contributed by atoms with Crippen molar-refractivity contribution in [1.29, 1.82) is 0 Å². The molecule has 0 bridgehead atoms. The van der Waals surface area contributed by atoms with E-state index in [-0.39, 0.29) is 11.2 Å². The number of aliphatic hydroxyl groups excluding tert-OH is 1. The van der Waals surface area contributed by atoms with Gasteiger partial charge in [-0.15, -0.1) is 0 Å². The zero-order chi connectivity index (χ0) is 15.0. The highest BCUT2D eigenvalue weighted by Gasteiger charge is 2.33. The molecule has 3 rings (SSSR count). The summed E-state index contributed by atoms with van der Waals surface area (Å²) in [5, 5.41) is 10.3. The van der Waals surface area contributed by atoms with E-state index in [1.165, 1.54) is 6.26 Å². The molecular weight excluding hydrogens is 288 g/mol. The van der Waals surface area contributed by atoms with Gasteiger partial charge in [-0.05, 0) is 48.4 Å². The Balaban J connectivity index is 1.77. The van der Waals surface area contributed by atoms with Crippen molar-refractivity contribution in [3.05, 3.63) is 29.3 Å². The quantitative estimate of drug-likeness (QED) is 0.930. The van der Waals surface area contributed by atoms with Crippen LogP contribution < -0.4 is 4.74 Å². The van der Waals surface area contributed by atoms with Crippen molar-refractivity contribution in [2.45, 2.75) is 43.5 Å². The summed E-state index contributed by atoms with van der Waals surface area (Å²) in [5.74, 6) is 0.933. The molecule has 1 fully saturated rings. The van der Waals surface area contributed by atoms with E-state index in [1.807, 2.05) is 18.2 Å². The number of aliphatic hydroxyl groups is 1. The van der Waals surface area contributed by atoms with E-state index >= 15 is 0 Å². The fraction of sp³-hybridized carbons (Fsp3) is 0.625. The van der Waals surface area contributed by atoms with Crippen molar-refractivity contribution in [2.24, 2.45) is 5.92 Å². The average molecular weight is 310 g/mol. The van der Waals surface area contributed by atoms with Gasteiger partial charge >= 0.3 is 0 Å². The molecule has 3 atom stereocenters. The third-order valence-corrected chi connectivity index (χ3v) is 6.41. The van der Waals surface area contributed by atoms with Crippen LogP contribution in [0.15, 0.2) is 18.2 Å². The highest BCUT2D eigenvalue weighted by molar-refractivity contribution is 7.91. The molecule has 0 radical (unpaired) electrons. The average Bonchev–Trinajstić information content (AvgIpc) is 2.93. The summed E-state index contributed by atoms with van der Waals surface area (Å²) in [4.78, 5) is 0. The Bertz CT molecular complexity index is 623. The normalized spacial score (nSPS) is 27.0. The number of sulfone groups is 1. The Morgan fingerprint density at radius 1 is 1.33 bits per heavy atom. The van der Waals surface area contributed by atoms with E-state index in [2.05, 4.69) is 0 Å². The van der Waals surface area contributed by atoms with Gasteiger partial charge in [0.05, 0.1) is 18.0 Å². The van der Waals surface area contributed by atoms with Gasteiger partial charge in [0.1, 0.15) is 15.6 Å². The van der Waals surface area contributed by atoms with Crippen LogP contribution in [-0.4, -0.2) is 31.6 Å². The predicted molar refractivity (Wildman–Crippen MR) is 81.2 cm³/mol. The SMILES string of the molecule is CS(=O)(=O)C1CCCC(C(O)c2ccc3c(c2)CCO3)C1. The number of hydrogen-bond acceptors (Lipinski definition) is 4. The summed E-state index contributed by atoms with van der Waals surface area (Å²) in [6.07, 6.45) is 4.65. The summed E-state index contributed by atoms with van der Waals surface area (Å²) in [6.45, 7) is 0.703. The summed E-state index contributed by atoms with van der Waals surface area (Å²) < 4.78 is 29.0. The van der Waals surface area contributed by atoms with E-state index in [4.69, 9.17) is 4.74 Å². The van der Waals surface area contributed by atoms with Gasteiger partial charge < -0.3 is 9.84 Å². The van der Waals surface area contributed by atoms with Crippen molar-refractivity contribution in [3.8, 4) is 5.75 Å². The van der Waals surface area contributed by atoms with E-state index in [0.29, 0.717) is 13.0 Å². The van der Waals surface area contributed by atoms with Crippen LogP contribution in [0.4, 0.5) is 0 Å². The Kier molecular flexibility index (Phi) is 3.97. The minimum absolute atomic E-state index is 0.0267. The number of rotatable bonds is 3. The molecule has 5 heteroatoms. The number of hydrogen-bond donors (Lipinski definition) is 1. The Labute approximate surface area is 126 Å². The minimum Gasteiger partial charge on any atom is -0.493 e. The maximum absolute atomic E-state index is 11.7. The molecule has 0 spiro atoms. The van der Waals surface area contributed by atoms with Crippen LogP contribution in [0.2, 0.25) is 0 Å².